The van der Waals surface area contributed by atoms with Gasteiger partial charge in [-0.2, -0.15) is 0 Å². The molecule has 0 aromatic heterocycles. The Labute approximate surface area is 92.6 Å². The van der Waals surface area contributed by atoms with Gasteiger partial charge in [-0.25, -0.2) is 4.79 Å². The van der Waals surface area contributed by atoms with Crippen molar-refractivity contribution >= 4 is 29.1 Å². The molecular formula is C10H11ClN2O2. The molecule has 1 saturated heterocycles. The summed E-state index contributed by atoms with van der Waals surface area (Å²) in [4.78, 5) is 13.0. The number of nitrogen functional groups attached to an aromatic ring is 1. The second kappa shape index (κ2) is 3.98. The van der Waals surface area contributed by atoms with E-state index in [2.05, 4.69) is 0 Å². The summed E-state index contributed by atoms with van der Waals surface area (Å²) in [5.74, 6) is 0. The van der Waals surface area contributed by atoms with Gasteiger partial charge in [0.15, 0.2) is 0 Å². The fraction of sp³-hybridized carbons (Fsp3) is 0.300. The van der Waals surface area contributed by atoms with Crippen LogP contribution in [0.25, 0.3) is 0 Å². The Bertz CT molecular complexity index is 395. The van der Waals surface area contributed by atoms with Gasteiger partial charge in [0.25, 0.3) is 0 Å². The molecule has 1 heterocycles. The van der Waals surface area contributed by atoms with E-state index >= 15 is 0 Å². The van der Waals surface area contributed by atoms with Gasteiger partial charge in [0.2, 0.25) is 0 Å². The van der Waals surface area contributed by atoms with Crippen LogP contribution < -0.4 is 10.6 Å². The molecule has 1 aliphatic heterocycles. The minimum atomic E-state index is -0.331. The fourth-order valence-electron chi connectivity index (χ4n) is 1.48. The van der Waals surface area contributed by atoms with Crippen LogP contribution in [-0.4, -0.2) is 19.2 Å². The zero-order chi connectivity index (χ0) is 10.8. The lowest BCUT2D eigenvalue weighted by Crippen LogP contribution is -2.37. The molecule has 0 aliphatic carbocycles. The standard InChI is InChI=1S/C10H11ClN2O2/c11-8-3-2-7(6-9(8)12)13-4-1-5-15-10(13)14/h2-3,6H,1,4-5,12H2. The van der Waals surface area contributed by atoms with E-state index in [0.29, 0.717) is 23.9 Å². The van der Waals surface area contributed by atoms with Crippen molar-refractivity contribution in [3.8, 4) is 0 Å². The van der Waals surface area contributed by atoms with Gasteiger partial charge in [-0.15, -0.1) is 0 Å². The number of hydrogen-bond acceptors (Lipinski definition) is 3. The molecule has 0 spiro atoms. The molecule has 0 bridgehead atoms. The molecule has 1 aliphatic rings. The van der Waals surface area contributed by atoms with Gasteiger partial charge in [-0.05, 0) is 24.6 Å². The first-order valence-corrected chi connectivity index (χ1v) is 5.05. The molecule has 15 heavy (non-hydrogen) atoms. The van der Waals surface area contributed by atoms with Crippen molar-refractivity contribution in [2.45, 2.75) is 6.42 Å². The summed E-state index contributed by atoms with van der Waals surface area (Å²) in [6.45, 7) is 1.14. The molecule has 1 aromatic rings. The van der Waals surface area contributed by atoms with E-state index in [9.17, 15) is 4.79 Å². The Morgan fingerprint density at radius 3 is 2.93 bits per heavy atom. The number of ether oxygens (including phenoxy) is 1. The zero-order valence-corrected chi connectivity index (χ0v) is 8.83. The first kappa shape index (κ1) is 10.1. The molecule has 2 rings (SSSR count). The SMILES string of the molecule is Nc1cc(N2CCCOC2=O)ccc1Cl. The van der Waals surface area contributed by atoms with Crippen molar-refractivity contribution in [2.24, 2.45) is 0 Å². The van der Waals surface area contributed by atoms with Crippen LogP contribution in [0.3, 0.4) is 0 Å². The van der Waals surface area contributed by atoms with Crippen LogP contribution in [0, 0.1) is 0 Å². The lowest BCUT2D eigenvalue weighted by atomic mass is 10.2. The Kier molecular flexibility index (Phi) is 2.68. The molecule has 0 atom stereocenters. The van der Waals surface area contributed by atoms with Crippen LogP contribution in [0.2, 0.25) is 5.02 Å². The van der Waals surface area contributed by atoms with E-state index in [-0.39, 0.29) is 6.09 Å². The number of nitrogens with zero attached hydrogens (tertiary/aromatic N) is 1. The van der Waals surface area contributed by atoms with Crippen molar-refractivity contribution < 1.29 is 9.53 Å². The van der Waals surface area contributed by atoms with E-state index in [1.165, 1.54) is 0 Å². The average molecular weight is 227 g/mol. The molecule has 1 amide bonds. The molecular weight excluding hydrogens is 216 g/mol. The molecule has 0 radical (unpaired) electrons. The van der Waals surface area contributed by atoms with Gasteiger partial charge in [0, 0.05) is 12.2 Å². The summed E-state index contributed by atoms with van der Waals surface area (Å²) >= 11 is 5.80. The number of nitrogens with two attached hydrogens (primary N) is 1. The monoisotopic (exact) mass is 226 g/mol. The normalized spacial score (nSPS) is 16.3. The van der Waals surface area contributed by atoms with Crippen LogP contribution in [0.1, 0.15) is 6.42 Å². The van der Waals surface area contributed by atoms with Gasteiger partial charge in [0.1, 0.15) is 0 Å². The molecule has 2 N–H and O–H groups in total. The van der Waals surface area contributed by atoms with Crippen molar-refractivity contribution in [3.63, 3.8) is 0 Å². The molecule has 80 valence electrons. The van der Waals surface area contributed by atoms with Gasteiger partial charge < -0.3 is 10.5 Å². The average Bonchev–Trinajstić information content (AvgIpc) is 2.23. The Morgan fingerprint density at radius 1 is 1.47 bits per heavy atom. The highest BCUT2D eigenvalue weighted by molar-refractivity contribution is 6.33. The van der Waals surface area contributed by atoms with Crippen LogP contribution in [0.5, 0.6) is 0 Å². The summed E-state index contributed by atoms with van der Waals surface area (Å²) < 4.78 is 4.93. The van der Waals surface area contributed by atoms with Crippen LogP contribution in [-0.2, 0) is 4.74 Å². The molecule has 0 saturated carbocycles. The first-order valence-electron chi connectivity index (χ1n) is 4.68. The minimum Gasteiger partial charge on any atom is -0.449 e. The minimum absolute atomic E-state index is 0.331. The molecule has 4 nitrogen and oxygen atoms in total. The van der Waals surface area contributed by atoms with Crippen LogP contribution in [0.15, 0.2) is 18.2 Å². The van der Waals surface area contributed by atoms with Gasteiger partial charge in [-0.3, -0.25) is 4.90 Å². The maximum absolute atomic E-state index is 11.4. The quantitative estimate of drug-likeness (QED) is 0.748. The summed E-state index contributed by atoms with van der Waals surface area (Å²) in [7, 11) is 0. The van der Waals surface area contributed by atoms with Gasteiger partial charge in [0.05, 0.1) is 17.3 Å². The number of anilines is 2. The van der Waals surface area contributed by atoms with Gasteiger partial charge >= 0.3 is 6.09 Å². The number of rotatable bonds is 1. The molecule has 0 unspecified atom stereocenters. The maximum Gasteiger partial charge on any atom is 0.414 e. The lowest BCUT2D eigenvalue weighted by molar-refractivity contribution is 0.140. The van der Waals surface area contributed by atoms with E-state index in [0.717, 1.165) is 12.1 Å². The van der Waals surface area contributed by atoms with E-state index in [1.807, 2.05) is 0 Å². The topological polar surface area (TPSA) is 55.6 Å². The van der Waals surface area contributed by atoms with Crippen LogP contribution >= 0.6 is 11.6 Å². The van der Waals surface area contributed by atoms with Crippen molar-refractivity contribution in [3.05, 3.63) is 23.2 Å². The third-order valence-corrected chi connectivity index (χ3v) is 2.61. The second-order valence-corrected chi connectivity index (χ2v) is 3.73. The maximum atomic E-state index is 11.4. The highest BCUT2D eigenvalue weighted by Gasteiger charge is 2.21. The molecule has 1 fully saturated rings. The number of cyclic esters (lactones) is 1. The second-order valence-electron chi connectivity index (χ2n) is 3.33. The largest absolute Gasteiger partial charge is 0.449 e. The Hall–Kier alpha value is -1.42. The van der Waals surface area contributed by atoms with Crippen molar-refractivity contribution in [1.82, 2.24) is 0 Å². The molecule has 1 aromatic carbocycles. The third kappa shape index (κ3) is 1.99. The Balaban J connectivity index is 2.28. The lowest BCUT2D eigenvalue weighted by Gasteiger charge is -2.26. The number of halogens is 1. The number of benzene rings is 1. The zero-order valence-electron chi connectivity index (χ0n) is 8.07. The summed E-state index contributed by atoms with van der Waals surface area (Å²) in [6.07, 6.45) is 0.497. The van der Waals surface area contributed by atoms with E-state index in [4.69, 9.17) is 22.1 Å². The highest BCUT2D eigenvalue weighted by atomic mass is 35.5. The van der Waals surface area contributed by atoms with E-state index < -0.39 is 0 Å². The number of carbonyl (C=O) groups is 1. The smallest absolute Gasteiger partial charge is 0.414 e. The molecule has 5 heteroatoms. The summed E-state index contributed by atoms with van der Waals surface area (Å²) in [6, 6.07) is 5.11. The van der Waals surface area contributed by atoms with Crippen molar-refractivity contribution in [2.75, 3.05) is 23.8 Å². The van der Waals surface area contributed by atoms with Crippen molar-refractivity contribution in [1.29, 1.82) is 0 Å². The predicted molar refractivity (Wildman–Crippen MR) is 59.2 cm³/mol. The third-order valence-electron chi connectivity index (χ3n) is 2.26. The number of hydrogen-bond donors (Lipinski definition) is 1. The highest BCUT2D eigenvalue weighted by Crippen LogP contribution is 2.26. The first-order chi connectivity index (χ1) is 7.18. The van der Waals surface area contributed by atoms with E-state index in [1.54, 1.807) is 23.1 Å². The predicted octanol–water partition coefficient (Wildman–Crippen LogP) is 2.27. The summed E-state index contributed by atoms with van der Waals surface area (Å²) in [5.41, 5.74) is 6.85. The number of amides is 1. The number of carbonyl (C=O) groups excluding carboxylic acids is 1. The fourth-order valence-corrected chi connectivity index (χ4v) is 1.60. The van der Waals surface area contributed by atoms with Crippen LogP contribution in [0.4, 0.5) is 16.2 Å². The summed E-state index contributed by atoms with van der Waals surface area (Å²) in [5, 5.41) is 0.490. The Morgan fingerprint density at radius 2 is 2.27 bits per heavy atom. The van der Waals surface area contributed by atoms with Gasteiger partial charge in [-0.1, -0.05) is 11.6 Å².